The van der Waals surface area contributed by atoms with Gasteiger partial charge in [-0.25, -0.2) is 0 Å². The molecule has 2 rings (SSSR count). The Bertz CT molecular complexity index is 750. The molecule has 0 aliphatic heterocycles. The minimum absolute atomic E-state index is 0.105. The standard InChI is InChI=1S/C17H20F3N3O/c1-10(16-11(2)22-23(4)12(16)3)21-15(24)9-13-6-5-7-14(8-13)17(18,19)20/h5-8,10H,9H2,1-4H3,(H,21,24)/t10-/m0/s1. The quantitative estimate of drug-likeness (QED) is 0.927. The van der Waals surface area contributed by atoms with E-state index < -0.39 is 11.7 Å². The summed E-state index contributed by atoms with van der Waals surface area (Å²) in [6, 6.07) is 4.55. The van der Waals surface area contributed by atoms with Crippen molar-refractivity contribution in [3.05, 3.63) is 52.3 Å². The van der Waals surface area contributed by atoms with Crippen LogP contribution < -0.4 is 5.32 Å². The van der Waals surface area contributed by atoms with Gasteiger partial charge in [-0.3, -0.25) is 9.48 Å². The minimum atomic E-state index is -4.41. The highest BCUT2D eigenvalue weighted by Crippen LogP contribution is 2.29. The smallest absolute Gasteiger partial charge is 0.349 e. The summed E-state index contributed by atoms with van der Waals surface area (Å²) >= 11 is 0. The Hall–Kier alpha value is -2.31. The van der Waals surface area contributed by atoms with Gasteiger partial charge in [-0.15, -0.1) is 0 Å². The number of carbonyl (C=O) groups is 1. The summed E-state index contributed by atoms with van der Waals surface area (Å²) in [5, 5.41) is 7.13. The Labute approximate surface area is 138 Å². The van der Waals surface area contributed by atoms with Crippen LogP contribution in [0.3, 0.4) is 0 Å². The predicted molar refractivity (Wildman–Crippen MR) is 84.4 cm³/mol. The molecule has 0 bridgehead atoms. The largest absolute Gasteiger partial charge is 0.416 e. The first-order valence-electron chi connectivity index (χ1n) is 7.55. The molecule has 1 amide bonds. The second-order valence-electron chi connectivity index (χ2n) is 5.87. The van der Waals surface area contributed by atoms with Gasteiger partial charge in [-0.1, -0.05) is 18.2 Å². The van der Waals surface area contributed by atoms with Gasteiger partial charge in [0.2, 0.25) is 5.91 Å². The molecule has 0 spiro atoms. The van der Waals surface area contributed by atoms with Crippen molar-refractivity contribution >= 4 is 5.91 Å². The summed E-state index contributed by atoms with van der Waals surface area (Å²) in [7, 11) is 1.82. The van der Waals surface area contributed by atoms with Gasteiger partial charge in [-0.2, -0.15) is 18.3 Å². The van der Waals surface area contributed by atoms with E-state index in [0.29, 0.717) is 5.56 Å². The highest BCUT2D eigenvalue weighted by Gasteiger charge is 2.30. The summed E-state index contributed by atoms with van der Waals surface area (Å²) in [5.41, 5.74) is 2.27. The molecule has 24 heavy (non-hydrogen) atoms. The van der Waals surface area contributed by atoms with E-state index in [4.69, 9.17) is 0 Å². The molecule has 0 unspecified atom stereocenters. The third-order valence-electron chi connectivity index (χ3n) is 3.99. The number of aryl methyl sites for hydroxylation is 2. The minimum Gasteiger partial charge on any atom is -0.349 e. The number of aromatic nitrogens is 2. The molecule has 0 aliphatic carbocycles. The first-order chi connectivity index (χ1) is 11.1. The highest BCUT2D eigenvalue weighted by molar-refractivity contribution is 5.79. The maximum atomic E-state index is 12.7. The number of nitrogens with one attached hydrogen (secondary N) is 1. The molecule has 0 radical (unpaired) electrons. The normalized spacial score (nSPS) is 13.0. The van der Waals surface area contributed by atoms with E-state index in [9.17, 15) is 18.0 Å². The second kappa shape index (κ2) is 6.67. The first kappa shape index (κ1) is 18.0. The van der Waals surface area contributed by atoms with Crippen molar-refractivity contribution in [2.75, 3.05) is 0 Å². The van der Waals surface area contributed by atoms with Crippen molar-refractivity contribution in [3.8, 4) is 0 Å². The summed E-state index contributed by atoms with van der Waals surface area (Å²) in [5.74, 6) is -0.329. The number of hydrogen-bond donors (Lipinski definition) is 1. The van der Waals surface area contributed by atoms with E-state index >= 15 is 0 Å². The molecule has 0 saturated carbocycles. The molecule has 1 aromatic heterocycles. The van der Waals surface area contributed by atoms with Gasteiger partial charge in [0.05, 0.1) is 23.7 Å². The maximum Gasteiger partial charge on any atom is 0.416 e. The molecular weight excluding hydrogens is 319 g/mol. The number of halogens is 3. The molecule has 0 saturated heterocycles. The lowest BCUT2D eigenvalue weighted by Crippen LogP contribution is -2.28. The molecule has 1 heterocycles. The van der Waals surface area contributed by atoms with Gasteiger partial charge in [0.25, 0.3) is 0 Å². The molecule has 1 N–H and O–H groups in total. The molecule has 1 atom stereocenters. The van der Waals surface area contributed by atoms with Gasteiger partial charge in [0, 0.05) is 18.3 Å². The number of amides is 1. The van der Waals surface area contributed by atoms with E-state index in [0.717, 1.165) is 29.1 Å². The Morgan fingerprint density at radius 2 is 2.00 bits per heavy atom. The van der Waals surface area contributed by atoms with E-state index in [1.807, 2.05) is 27.8 Å². The van der Waals surface area contributed by atoms with Crippen LogP contribution in [0.15, 0.2) is 24.3 Å². The van der Waals surface area contributed by atoms with Crippen molar-refractivity contribution in [1.29, 1.82) is 0 Å². The highest BCUT2D eigenvalue weighted by atomic mass is 19.4. The third-order valence-corrected chi connectivity index (χ3v) is 3.99. The van der Waals surface area contributed by atoms with Crippen LogP contribution in [0.5, 0.6) is 0 Å². The zero-order valence-corrected chi connectivity index (χ0v) is 14.0. The topological polar surface area (TPSA) is 46.9 Å². The summed E-state index contributed by atoms with van der Waals surface area (Å²) < 4.78 is 39.9. The Morgan fingerprint density at radius 3 is 2.54 bits per heavy atom. The van der Waals surface area contributed by atoms with Crippen LogP contribution in [0.1, 0.15) is 41.0 Å². The van der Waals surface area contributed by atoms with E-state index in [1.54, 1.807) is 4.68 Å². The SMILES string of the molecule is Cc1nn(C)c(C)c1[C@H](C)NC(=O)Cc1cccc(C(F)(F)F)c1. The number of nitrogens with zero attached hydrogens (tertiary/aromatic N) is 2. The first-order valence-corrected chi connectivity index (χ1v) is 7.55. The lowest BCUT2D eigenvalue weighted by Gasteiger charge is -2.15. The zero-order chi connectivity index (χ0) is 18.1. The fraction of sp³-hybridized carbons (Fsp3) is 0.412. The number of benzene rings is 1. The summed E-state index contributed by atoms with van der Waals surface area (Å²) in [4.78, 5) is 12.2. The molecule has 0 fully saturated rings. The molecular formula is C17H20F3N3O. The number of carbonyl (C=O) groups excluding carboxylic acids is 1. The van der Waals surface area contributed by atoms with Crippen molar-refractivity contribution in [1.82, 2.24) is 15.1 Å². The number of rotatable bonds is 4. The molecule has 2 aromatic rings. The third kappa shape index (κ3) is 3.96. The van der Waals surface area contributed by atoms with Gasteiger partial charge in [0.1, 0.15) is 0 Å². The van der Waals surface area contributed by atoms with Crippen LogP contribution in [-0.2, 0) is 24.4 Å². The van der Waals surface area contributed by atoms with Crippen LogP contribution in [0.4, 0.5) is 13.2 Å². The van der Waals surface area contributed by atoms with Gasteiger partial charge < -0.3 is 5.32 Å². The van der Waals surface area contributed by atoms with Gasteiger partial charge in [0.15, 0.2) is 0 Å². The average molecular weight is 339 g/mol. The lowest BCUT2D eigenvalue weighted by molar-refractivity contribution is -0.137. The lowest BCUT2D eigenvalue weighted by atomic mass is 10.0. The maximum absolute atomic E-state index is 12.7. The average Bonchev–Trinajstić information content (AvgIpc) is 2.71. The van der Waals surface area contributed by atoms with Crippen molar-refractivity contribution < 1.29 is 18.0 Å². The number of alkyl halides is 3. The van der Waals surface area contributed by atoms with Crippen LogP contribution in [0.25, 0.3) is 0 Å². The van der Waals surface area contributed by atoms with Crippen molar-refractivity contribution in [2.45, 2.75) is 39.4 Å². The van der Waals surface area contributed by atoms with Gasteiger partial charge in [-0.05, 0) is 32.4 Å². The van der Waals surface area contributed by atoms with Crippen LogP contribution >= 0.6 is 0 Å². The zero-order valence-electron chi connectivity index (χ0n) is 14.0. The Morgan fingerprint density at radius 1 is 1.33 bits per heavy atom. The van der Waals surface area contributed by atoms with Crippen molar-refractivity contribution in [2.24, 2.45) is 7.05 Å². The molecule has 1 aromatic carbocycles. The molecule has 0 aliphatic rings. The fourth-order valence-corrected chi connectivity index (χ4v) is 2.82. The van der Waals surface area contributed by atoms with Gasteiger partial charge >= 0.3 is 6.18 Å². The predicted octanol–water partition coefficient (Wildman–Crippen LogP) is 3.48. The van der Waals surface area contributed by atoms with E-state index in [2.05, 4.69) is 10.4 Å². The van der Waals surface area contributed by atoms with Crippen molar-refractivity contribution in [3.63, 3.8) is 0 Å². The Balaban J connectivity index is 2.08. The second-order valence-corrected chi connectivity index (χ2v) is 5.87. The van der Waals surface area contributed by atoms with Crippen LogP contribution in [0.2, 0.25) is 0 Å². The van der Waals surface area contributed by atoms with E-state index in [-0.39, 0.29) is 18.4 Å². The fourth-order valence-electron chi connectivity index (χ4n) is 2.82. The molecule has 4 nitrogen and oxygen atoms in total. The van der Waals surface area contributed by atoms with Crippen LogP contribution in [-0.4, -0.2) is 15.7 Å². The summed E-state index contributed by atoms with van der Waals surface area (Å²) in [6.07, 6.45) is -4.52. The number of hydrogen-bond acceptors (Lipinski definition) is 2. The van der Waals surface area contributed by atoms with Crippen LogP contribution in [0, 0.1) is 13.8 Å². The molecule has 130 valence electrons. The van der Waals surface area contributed by atoms with E-state index in [1.165, 1.54) is 12.1 Å². The summed E-state index contributed by atoms with van der Waals surface area (Å²) in [6.45, 7) is 5.60. The molecule has 7 heteroatoms. The monoisotopic (exact) mass is 339 g/mol. The Kier molecular flexibility index (Phi) is 5.01.